The Kier molecular flexibility index (Phi) is 6.41. The Labute approximate surface area is 173 Å². The fourth-order valence-electron chi connectivity index (χ4n) is 2.61. The molecular formula is C17H16N6O6S. The molecule has 1 aromatic carbocycles. The van der Waals surface area contributed by atoms with Gasteiger partial charge in [-0.2, -0.15) is 9.78 Å². The third-order valence-corrected chi connectivity index (χ3v) is 5.01. The van der Waals surface area contributed by atoms with Gasteiger partial charge in [0, 0.05) is 5.56 Å². The van der Waals surface area contributed by atoms with E-state index in [1.54, 1.807) is 18.2 Å². The zero-order valence-electron chi connectivity index (χ0n) is 15.6. The summed E-state index contributed by atoms with van der Waals surface area (Å²) in [6.45, 7) is 0.246. The van der Waals surface area contributed by atoms with Crippen LogP contribution in [0.5, 0.6) is 5.75 Å². The topological polar surface area (TPSA) is 161 Å². The van der Waals surface area contributed by atoms with Crippen molar-refractivity contribution in [2.45, 2.75) is 18.2 Å². The number of aliphatic carboxylic acids is 1. The van der Waals surface area contributed by atoms with Gasteiger partial charge in [-0.1, -0.05) is 11.8 Å². The smallest absolute Gasteiger partial charge is 0.389 e. The van der Waals surface area contributed by atoms with E-state index in [-0.39, 0.29) is 24.0 Å². The molecule has 1 atom stereocenters. The summed E-state index contributed by atoms with van der Waals surface area (Å²) in [5.74, 6) is -1.16. The standard InChI is InChI=1S/C17H16N6O6S/c1-29-12-3-2-10(6-11(12)9-22-5-4-14(21-22)23(27)28)8-18-20-17-19-16(26)13(30-17)7-15(24)25/h2-6,8,13H,7,9H2,1H3,(H,24,25)(H,19,20,26). The second kappa shape index (κ2) is 9.17. The van der Waals surface area contributed by atoms with Crippen molar-refractivity contribution in [1.29, 1.82) is 0 Å². The lowest BCUT2D eigenvalue weighted by molar-refractivity contribution is -0.389. The maximum absolute atomic E-state index is 11.7. The predicted octanol–water partition coefficient (Wildman–Crippen LogP) is 1.24. The Morgan fingerprint density at radius 3 is 2.97 bits per heavy atom. The Balaban J connectivity index is 1.72. The molecule has 1 unspecified atom stereocenters. The lowest BCUT2D eigenvalue weighted by Crippen LogP contribution is -2.26. The van der Waals surface area contributed by atoms with Gasteiger partial charge < -0.3 is 25.3 Å². The number of hydrogen-bond acceptors (Lipinski definition) is 9. The number of benzene rings is 1. The molecule has 1 amide bonds. The first-order valence-electron chi connectivity index (χ1n) is 8.51. The normalized spacial score (nSPS) is 17.4. The molecule has 1 saturated heterocycles. The highest BCUT2D eigenvalue weighted by molar-refractivity contribution is 8.15. The Morgan fingerprint density at radius 1 is 1.50 bits per heavy atom. The van der Waals surface area contributed by atoms with Crippen LogP contribution in [0.3, 0.4) is 0 Å². The molecule has 13 heteroatoms. The molecule has 2 aromatic rings. The van der Waals surface area contributed by atoms with Crippen LogP contribution in [0.15, 0.2) is 40.7 Å². The first kappa shape index (κ1) is 21.0. The number of carbonyl (C=O) groups excluding carboxylic acids is 1. The van der Waals surface area contributed by atoms with Crippen LogP contribution in [0.25, 0.3) is 0 Å². The molecule has 156 valence electrons. The summed E-state index contributed by atoms with van der Waals surface area (Å²) in [5, 5.41) is 33.3. The highest BCUT2D eigenvalue weighted by Gasteiger charge is 2.32. The third-order valence-electron chi connectivity index (χ3n) is 3.94. The highest BCUT2D eigenvalue weighted by atomic mass is 32.2. The number of carbonyl (C=O) groups is 2. The van der Waals surface area contributed by atoms with Crippen molar-refractivity contribution in [3.05, 3.63) is 51.7 Å². The first-order chi connectivity index (χ1) is 14.4. The lowest BCUT2D eigenvalue weighted by atomic mass is 10.1. The number of aromatic nitrogens is 2. The van der Waals surface area contributed by atoms with E-state index in [0.29, 0.717) is 11.3 Å². The van der Waals surface area contributed by atoms with Crippen LogP contribution in [0.4, 0.5) is 5.82 Å². The minimum Gasteiger partial charge on any atom is -0.496 e. The molecule has 12 nitrogen and oxygen atoms in total. The Morgan fingerprint density at radius 2 is 2.30 bits per heavy atom. The predicted molar refractivity (Wildman–Crippen MR) is 108 cm³/mol. The molecule has 0 radical (unpaired) electrons. The van der Waals surface area contributed by atoms with Crippen LogP contribution in [-0.2, 0) is 16.1 Å². The number of carboxylic acids is 1. The van der Waals surface area contributed by atoms with Gasteiger partial charge in [-0.05, 0) is 28.7 Å². The molecule has 2 heterocycles. The van der Waals surface area contributed by atoms with Gasteiger partial charge in [0.15, 0.2) is 5.17 Å². The Hall–Kier alpha value is -3.74. The molecular weight excluding hydrogens is 416 g/mol. The zero-order valence-corrected chi connectivity index (χ0v) is 16.4. The van der Waals surface area contributed by atoms with E-state index in [1.807, 2.05) is 0 Å². The number of carboxylic acid groups (broad SMARTS) is 1. The quantitative estimate of drug-likeness (QED) is 0.358. The van der Waals surface area contributed by atoms with Gasteiger partial charge in [0.1, 0.15) is 11.0 Å². The number of thioether (sulfide) groups is 1. The van der Waals surface area contributed by atoms with Crippen molar-refractivity contribution in [1.82, 2.24) is 15.1 Å². The van der Waals surface area contributed by atoms with Crippen LogP contribution >= 0.6 is 11.8 Å². The average molecular weight is 432 g/mol. The summed E-state index contributed by atoms with van der Waals surface area (Å²) >= 11 is 1.01. The molecule has 1 fully saturated rings. The first-order valence-corrected chi connectivity index (χ1v) is 9.39. The number of amidine groups is 1. The summed E-state index contributed by atoms with van der Waals surface area (Å²) < 4.78 is 6.74. The molecule has 1 aromatic heterocycles. The average Bonchev–Trinajstić information content (AvgIpc) is 3.29. The van der Waals surface area contributed by atoms with Crippen LogP contribution in [0.2, 0.25) is 0 Å². The summed E-state index contributed by atoms with van der Waals surface area (Å²) in [6, 6.07) is 6.53. The molecule has 3 rings (SSSR count). The molecule has 0 bridgehead atoms. The second-order valence-corrected chi connectivity index (χ2v) is 7.23. The summed E-state index contributed by atoms with van der Waals surface area (Å²) in [6.07, 6.45) is 2.66. The summed E-state index contributed by atoms with van der Waals surface area (Å²) in [7, 11) is 1.51. The Bertz CT molecular complexity index is 1050. The number of nitrogens with one attached hydrogen (secondary N) is 1. The van der Waals surface area contributed by atoms with E-state index in [4.69, 9.17) is 9.84 Å². The van der Waals surface area contributed by atoms with E-state index in [9.17, 15) is 19.7 Å². The largest absolute Gasteiger partial charge is 0.496 e. The van der Waals surface area contributed by atoms with E-state index in [2.05, 4.69) is 20.6 Å². The van der Waals surface area contributed by atoms with Crippen molar-refractivity contribution >= 4 is 40.8 Å². The molecule has 1 aliphatic heterocycles. The van der Waals surface area contributed by atoms with E-state index in [1.165, 1.54) is 30.3 Å². The summed E-state index contributed by atoms with van der Waals surface area (Å²) in [4.78, 5) is 32.6. The third kappa shape index (κ3) is 5.20. The van der Waals surface area contributed by atoms with Crippen LogP contribution in [0, 0.1) is 10.1 Å². The van der Waals surface area contributed by atoms with Crippen molar-refractivity contribution in [3.8, 4) is 5.75 Å². The van der Waals surface area contributed by atoms with Crippen LogP contribution < -0.4 is 10.1 Å². The van der Waals surface area contributed by atoms with Gasteiger partial charge in [0.2, 0.25) is 5.91 Å². The van der Waals surface area contributed by atoms with Crippen molar-refractivity contribution in [2.75, 3.05) is 7.11 Å². The van der Waals surface area contributed by atoms with Gasteiger partial charge in [-0.15, -0.1) is 5.10 Å². The van der Waals surface area contributed by atoms with Gasteiger partial charge in [0.05, 0.1) is 43.7 Å². The number of hydrogen-bond donors (Lipinski definition) is 2. The molecule has 0 spiro atoms. The highest BCUT2D eigenvalue weighted by Crippen LogP contribution is 2.23. The van der Waals surface area contributed by atoms with Crippen LogP contribution in [-0.4, -0.2) is 55.4 Å². The number of nitrogens with zero attached hydrogens (tertiary/aromatic N) is 5. The molecule has 1 aliphatic rings. The van der Waals surface area contributed by atoms with Gasteiger partial charge in [0.25, 0.3) is 0 Å². The van der Waals surface area contributed by atoms with Gasteiger partial charge >= 0.3 is 11.8 Å². The second-order valence-electron chi connectivity index (χ2n) is 6.04. The maximum Gasteiger partial charge on any atom is 0.389 e. The number of rotatable bonds is 8. The van der Waals surface area contributed by atoms with Crippen molar-refractivity contribution < 1.29 is 24.4 Å². The maximum atomic E-state index is 11.7. The number of ether oxygens (including phenoxy) is 1. The van der Waals surface area contributed by atoms with E-state index >= 15 is 0 Å². The fourth-order valence-corrected chi connectivity index (χ4v) is 3.52. The fraction of sp³-hybridized carbons (Fsp3) is 0.235. The number of amides is 1. The van der Waals surface area contributed by atoms with Crippen LogP contribution in [0.1, 0.15) is 17.5 Å². The molecule has 30 heavy (non-hydrogen) atoms. The zero-order chi connectivity index (χ0) is 21.7. The van der Waals surface area contributed by atoms with Crippen molar-refractivity contribution in [2.24, 2.45) is 10.2 Å². The SMILES string of the molecule is COc1ccc(C=NN=C2NC(=O)C(CC(=O)O)S2)cc1Cn1ccc([N+](=O)[O-])n1. The minimum atomic E-state index is -1.07. The lowest BCUT2D eigenvalue weighted by Gasteiger charge is -2.08. The number of methoxy groups -OCH3 is 1. The number of nitro groups is 1. The molecule has 0 saturated carbocycles. The minimum absolute atomic E-state index is 0.222. The van der Waals surface area contributed by atoms with E-state index in [0.717, 1.165) is 17.3 Å². The van der Waals surface area contributed by atoms with E-state index < -0.39 is 22.0 Å². The molecule has 2 N–H and O–H groups in total. The monoisotopic (exact) mass is 432 g/mol. The van der Waals surface area contributed by atoms with Crippen molar-refractivity contribution in [3.63, 3.8) is 0 Å². The van der Waals surface area contributed by atoms with Gasteiger partial charge in [-0.3, -0.25) is 9.59 Å². The van der Waals surface area contributed by atoms with Gasteiger partial charge in [-0.25, -0.2) is 0 Å². The molecule has 0 aliphatic carbocycles. The summed E-state index contributed by atoms with van der Waals surface area (Å²) in [5.41, 5.74) is 1.39.